The summed E-state index contributed by atoms with van der Waals surface area (Å²) in [6, 6.07) is 6.88. The van der Waals surface area contributed by atoms with E-state index >= 15 is 0 Å². The van der Waals surface area contributed by atoms with Crippen LogP contribution in [0.1, 0.15) is 18.7 Å². The van der Waals surface area contributed by atoms with Gasteiger partial charge < -0.3 is 9.80 Å². The van der Waals surface area contributed by atoms with E-state index in [1.807, 2.05) is 18.2 Å². The molecule has 0 aromatic carbocycles. The molecule has 0 aliphatic heterocycles. The van der Waals surface area contributed by atoms with E-state index in [0.717, 1.165) is 5.69 Å². The molecule has 7 nitrogen and oxygen atoms in total. The van der Waals surface area contributed by atoms with Crippen LogP contribution in [0, 0.1) is 0 Å². The van der Waals surface area contributed by atoms with Gasteiger partial charge in [-0.1, -0.05) is 6.07 Å². The van der Waals surface area contributed by atoms with Crippen LogP contribution >= 0.6 is 0 Å². The normalized spacial score (nSPS) is 11.8. The van der Waals surface area contributed by atoms with Crippen molar-refractivity contribution in [3.63, 3.8) is 0 Å². The lowest BCUT2D eigenvalue weighted by Crippen LogP contribution is -2.41. The van der Waals surface area contributed by atoms with Gasteiger partial charge in [-0.25, -0.2) is 0 Å². The second-order valence-electron chi connectivity index (χ2n) is 5.43. The first-order chi connectivity index (χ1) is 11.0. The van der Waals surface area contributed by atoms with Crippen LogP contribution < -0.4 is 0 Å². The van der Waals surface area contributed by atoms with Gasteiger partial charge in [-0.15, -0.1) is 0 Å². The van der Waals surface area contributed by atoms with Gasteiger partial charge in [0.25, 0.3) is 0 Å². The molecule has 1 atom stereocenters. The Morgan fingerprint density at radius 1 is 1.17 bits per heavy atom. The molecule has 0 saturated heterocycles. The summed E-state index contributed by atoms with van der Waals surface area (Å²) in [5.41, 5.74) is 0.808. The number of pyridine rings is 1. The Balaban J connectivity index is 1.89. The zero-order valence-corrected chi connectivity index (χ0v) is 13.6. The highest BCUT2D eigenvalue weighted by Crippen LogP contribution is 2.08. The molecule has 0 saturated carbocycles. The Morgan fingerprint density at radius 2 is 1.96 bits per heavy atom. The van der Waals surface area contributed by atoms with E-state index in [2.05, 4.69) is 10.1 Å². The van der Waals surface area contributed by atoms with Gasteiger partial charge in [-0.3, -0.25) is 19.3 Å². The van der Waals surface area contributed by atoms with E-state index in [9.17, 15) is 9.59 Å². The van der Waals surface area contributed by atoms with E-state index < -0.39 is 6.04 Å². The van der Waals surface area contributed by atoms with Gasteiger partial charge in [-0.05, 0) is 25.1 Å². The van der Waals surface area contributed by atoms with Crippen LogP contribution in [0.4, 0.5) is 0 Å². The third-order valence-electron chi connectivity index (χ3n) is 3.58. The van der Waals surface area contributed by atoms with E-state index in [1.54, 1.807) is 55.3 Å². The topological polar surface area (TPSA) is 71.3 Å². The SMILES string of the molecule is CC(C(=O)N(C)CC(=O)N(C)Cc1ccccn1)n1cccn1. The molecule has 122 valence electrons. The molecule has 2 rings (SSSR count). The fourth-order valence-corrected chi connectivity index (χ4v) is 2.17. The fraction of sp³-hybridized carbons (Fsp3) is 0.375. The fourth-order valence-electron chi connectivity index (χ4n) is 2.17. The zero-order chi connectivity index (χ0) is 16.8. The Kier molecular flexibility index (Phi) is 5.46. The largest absolute Gasteiger partial charge is 0.338 e. The summed E-state index contributed by atoms with van der Waals surface area (Å²) in [7, 11) is 3.32. The second-order valence-corrected chi connectivity index (χ2v) is 5.43. The molecule has 2 heterocycles. The minimum atomic E-state index is -0.441. The monoisotopic (exact) mass is 315 g/mol. The number of nitrogens with zero attached hydrogens (tertiary/aromatic N) is 5. The third kappa shape index (κ3) is 4.38. The van der Waals surface area contributed by atoms with Gasteiger partial charge in [0.1, 0.15) is 6.04 Å². The first-order valence-electron chi connectivity index (χ1n) is 7.37. The molecular weight excluding hydrogens is 294 g/mol. The number of carbonyl (C=O) groups excluding carboxylic acids is 2. The summed E-state index contributed by atoms with van der Waals surface area (Å²) in [6.07, 6.45) is 5.04. The number of hydrogen-bond acceptors (Lipinski definition) is 4. The minimum Gasteiger partial charge on any atom is -0.338 e. The Labute approximate surface area is 135 Å². The number of hydrogen-bond donors (Lipinski definition) is 0. The molecule has 0 aliphatic rings. The molecule has 0 N–H and O–H groups in total. The summed E-state index contributed by atoms with van der Waals surface area (Å²) < 4.78 is 1.57. The molecule has 2 aromatic rings. The van der Waals surface area contributed by atoms with Crippen LogP contribution in [-0.2, 0) is 16.1 Å². The lowest BCUT2D eigenvalue weighted by Gasteiger charge is -2.24. The van der Waals surface area contributed by atoms with E-state index in [0.29, 0.717) is 6.54 Å². The number of amides is 2. The van der Waals surface area contributed by atoms with E-state index in [4.69, 9.17) is 0 Å². The van der Waals surface area contributed by atoms with Gasteiger partial charge in [0, 0.05) is 32.7 Å². The Hall–Kier alpha value is -2.70. The van der Waals surface area contributed by atoms with E-state index in [-0.39, 0.29) is 18.4 Å². The Bertz CT molecular complexity index is 642. The van der Waals surface area contributed by atoms with Crippen molar-refractivity contribution in [1.82, 2.24) is 24.6 Å². The molecule has 1 unspecified atom stereocenters. The predicted octanol–water partition coefficient (Wildman–Crippen LogP) is 0.956. The van der Waals surface area contributed by atoms with Gasteiger partial charge in [0.2, 0.25) is 11.8 Å². The zero-order valence-electron chi connectivity index (χ0n) is 13.6. The molecule has 2 aromatic heterocycles. The van der Waals surface area contributed by atoms with Crippen LogP contribution in [0.2, 0.25) is 0 Å². The standard InChI is InChI=1S/C16H21N5O2/c1-13(21-10-6-9-18-21)16(23)20(3)12-15(22)19(2)11-14-7-4-5-8-17-14/h4-10,13H,11-12H2,1-3H3. The molecule has 7 heteroatoms. The summed E-state index contributed by atoms with van der Waals surface area (Å²) in [5, 5.41) is 4.06. The Morgan fingerprint density at radius 3 is 2.57 bits per heavy atom. The van der Waals surface area contributed by atoms with Crippen LogP contribution in [-0.4, -0.2) is 57.0 Å². The number of rotatable bonds is 6. The highest BCUT2D eigenvalue weighted by molar-refractivity contribution is 5.86. The number of aromatic nitrogens is 3. The quantitative estimate of drug-likeness (QED) is 0.796. The summed E-state index contributed by atoms with van der Waals surface area (Å²) in [5.74, 6) is -0.299. The first-order valence-corrected chi connectivity index (χ1v) is 7.37. The minimum absolute atomic E-state index is 0.0216. The highest BCUT2D eigenvalue weighted by atomic mass is 16.2. The maximum atomic E-state index is 12.3. The van der Waals surface area contributed by atoms with Crippen molar-refractivity contribution in [2.45, 2.75) is 19.5 Å². The van der Waals surface area contributed by atoms with Crippen molar-refractivity contribution < 1.29 is 9.59 Å². The lowest BCUT2D eigenvalue weighted by molar-refractivity contribution is -0.140. The highest BCUT2D eigenvalue weighted by Gasteiger charge is 2.22. The summed E-state index contributed by atoms with van der Waals surface area (Å²) in [4.78, 5) is 31.8. The van der Waals surface area contributed by atoms with Crippen LogP contribution in [0.15, 0.2) is 42.9 Å². The summed E-state index contributed by atoms with van der Waals surface area (Å²) in [6.45, 7) is 2.19. The maximum Gasteiger partial charge on any atom is 0.247 e. The average Bonchev–Trinajstić information content (AvgIpc) is 3.08. The molecule has 0 fully saturated rings. The molecule has 0 spiro atoms. The van der Waals surface area contributed by atoms with Crippen molar-refractivity contribution in [2.24, 2.45) is 0 Å². The van der Waals surface area contributed by atoms with Crippen molar-refractivity contribution >= 4 is 11.8 Å². The van der Waals surface area contributed by atoms with E-state index in [1.165, 1.54) is 4.90 Å². The molecule has 23 heavy (non-hydrogen) atoms. The predicted molar refractivity (Wildman–Crippen MR) is 85.3 cm³/mol. The van der Waals surface area contributed by atoms with Crippen molar-refractivity contribution in [3.05, 3.63) is 48.5 Å². The molecule has 0 bridgehead atoms. The summed E-state index contributed by atoms with van der Waals surface area (Å²) >= 11 is 0. The molecular formula is C16H21N5O2. The second kappa shape index (κ2) is 7.53. The van der Waals surface area contributed by atoms with Crippen molar-refractivity contribution in [2.75, 3.05) is 20.6 Å². The van der Waals surface area contributed by atoms with Crippen molar-refractivity contribution in [1.29, 1.82) is 0 Å². The van der Waals surface area contributed by atoms with Gasteiger partial charge >= 0.3 is 0 Å². The van der Waals surface area contributed by atoms with Crippen LogP contribution in [0.3, 0.4) is 0 Å². The maximum absolute atomic E-state index is 12.3. The van der Waals surface area contributed by atoms with Crippen molar-refractivity contribution in [3.8, 4) is 0 Å². The molecule has 0 radical (unpaired) electrons. The van der Waals surface area contributed by atoms with Gasteiger partial charge in [0.15, 0.2) is 0 Å². The van der Waals surface area contributed by atoms with Gasteiger partial charge in [0.05, 0.1) is 18.8 Å². The number of carbonyl (C=O) groups is 2. The van der Waals surface area contributed by atoms with Gasteiger partial charge in [-0.2, -0.15) is 5.10 Å². The molecule has 2 amide bonds. The number of likely N-dealkylation sites (N-methyl/N-ethyl adjacent to an activating group) is 2. The lowest BCUT2D eigenvalue weighted by atomic mass is 10.3. The molecule has 0 aliphatic carbocycles. The first kappa shape index (κ1) is 16.7. The van der Waals surface area contributed by atoms with Crippen LogP contribution in [0.25, 0.3) is 0 Å². The smallest absolute Gasteiger partial charge is 0.247 e. The third-order valence-corrected chi connectivity index (χ3v) is 3.58. The van der Waals surface area contributed by atoms with Crippen LogP contribution in [0.5, 0.6) is 0 Å². The average molecular weight is 315 g/mol.